The number of methoxy groups -OCH3 is 1. The van der Waals surface area contributed by atoms with Crippen LogP contribution in [-0.2, 0) is 9.59 Å². The summed E-state index contributed by atoms with van der Waals surface area (Å²) >= 11 is 0. The number of nitrogens with one attached hydrogen (secondary N) is 1. The summed E-state index contributed by atoms with van der Waals surface area (Å²) in [5, 5.41) is 2.37. The number of rotatable bonds is 3. The normalized spacial score (nSPS) is 23.3. The summed E-state index contributed by atoms with van der Waals surface area (Å²) in [5.74, 6) is 0.527. The van der Waals surface area contributed by atoms with Crippen molar-refractivity contribution >= 4 is 17.5 Å². The maximum Gasteiger partial charge on any atom is 0.244 e. The zero-order valence-corrected chi connectivity index (χ0v) is 12.0. The van der Waals surface area contributed by atoms with Crippen molar-refractivity contribution in [3.8, 4) is 5.75 Å². The van der Waals surface area contributed by atoms with E-state index < -0.39 is 0 Å². The van der Waals surface area contributed by atoms with Crippen molar-refractivity contribution in [3.05, 3.63) is 24.3 Å². The van der Waals surface area contributed by atoms with E-state index in [0.717, 1.165) is 37.6 Å². The van der Waals surface area contributed by atoms with E-state index in [-0.39, 0.29) is 17.9 Å². The van der Waals surface area contributed by atoms with E-state index >= 15 is 0 Å². The quantitative estimate of drug-likeness (QED) is 0.807. The van der Waals surface area contributed by atoms with Gasteiger partial charge in [0, 0.05) is 31.9 Å². The van der Waals surface area contributed by atoms with Crippen molar-refractivity contribution in [2.45, 2.75) is 12.5 Å². The Kier molecular flexibility index (Phi) is 3.79. The average molecular weight is 289 g/mol. The Morgan fingerprint density at radius 2 is 1.76 bits per heavy atom. The van der Waals surface area contributed by atoms with Gasteiger partial charge in [0.25, 0.3) is 0 Å². The van der Waals surface area contributed by atoms with E-state index in [4.69, 9.17) is 4.74 Å². The lowest BCUT2D eigenvalue weighted by atomic mass is 10.1. The van der Waals surface area contributed by atoms with Crippen LogP contribution in [0, 0.1) is 0 Å². The molecule has 0 aliphatic carbocycles. The van der Waals surface area contributed by atoms with Crippen LogP contribution in [-0.4, -0.2) is 56.0 Å². The molecule has 6 nitrogen and oxygen atoms in total. The second kappa shape index (κ2) is 5.73. The summed E-state index contributed by atoms with van der Waals surface area (Å²) in [6.45, 7) is 3.28. The molecule has 6 heteroatoms. The lowest BCUT2D eigenvalue weighted by Crippen LogP contribution is -2.52. The van der Waals surface area contributed by atoms with Gasteiger partial charge >= 0.3 is 0 Å². The third-order valence-electron chi connectivity index (χ3n) is 4.14. The van der Waals surface area contributed by atoms with Crippen LogP contribution in [0.25, 0.3) is 0 Å². The summed E-state index contributed by atoms with van der Waals surface area (Å²) in [4.78, 5) is 27.4. The predicted octanol–water partition coefficient (Wildman–Crippen LogP) is 0.232. The van der Waals surface area contributed by atoms with Crippen LogP contribution in [0.2, 0.25) is 0 Å². The van der Waals surface area contributed by atoms with E-state index in [9.17, 15) is 9.59 Å². The van der Waals surface area contributed by atoms with Crippen LogP contribution in [0.1, 0.15) is 6.42 Å². The minimum Gasteiger partial charge on any atom is -0.497 e. The van der Waals surface area contributed by atoms with Gasteiger partial charge < -0.3 is 9.64 Å². The molecule has 2 saturated heterocycles. The molecular formula is C15H19N3O3. The Bertz CT molecular complexity index is 536. The Morgan fingerprint density at radius 3 is 2.29 bits per heavy atom. The van der Waals surface area contributed by atoms with Crippen LogP contribution in [0.15, 0.2) is 24.3 Å². The fourth-order valence-electron chi connectivity index (χ4n) is 2.92. The third-order valence-corrected chi connectivity index (χ3v) is 4.14. The van der Waals surface area contributed by atoms with Gasteiger partial charge in [-0.25, -0.2) is 0 Å². The molecule has 1 atom stereocenters. The van der Waals surface area contributed by atoms with Crippen LogP contribution in [0.5, 0.6) is 5.75 Å². The molecule has 21 heavy (non-hydrogen) atoms. The summed E-state index contributed by atoms with van der Waals surface area (Å²) in [6.07, 6.45) is 0.293. The maximum absolute atomic E-state index is 11.7. The summed E-state index contributed by atoms with van der Waals surface area (Å²) < 4.78 is 5.16. The van der Waals surface area contributed by atoms with E-state index in [0.29, 0.717) is 6.42 Å². The fourth-order valence-corrected chi connectivity index (χ4v) is 2.92. The molecule has 0 aromatic heterocycles. The first-order chi connectivity index (χ1) is 10.2. The van der Waals surface area contributed by atoms with E-state index in [1.165, 1.54) is 0 Å². The topological polar surface area (TPSA) is 61.9 Å². The molecule has 0 spiro atoms. The van der Waals surface area contributed by atoms with Crippen molar-refractivity contribution in [3.63, 3.8) is 0 Å². The van der Waals surface area contributed by atoms with Gasteiger partial charge in [0.2, 0.25) is 11.8 Å². The van der Waals surface area contributed by atoms with Gasteiger partial charge in [-0.2, -0.15) is 0 Å². The molecule has 1 aromatic carbocycles. The van der Waals surface area contributed by atoms with Gasteiger partial charge in [0.15, 0.2) is 0 Å². The highest BCUT2D eigenvalue weighted by atomic mass is 16.5. The Labute approximate surface area is 123 Å². The van der Waals surface area contributed by atoms with Gasteiger partial charge in [-0.15, -0.1) is 0 Å². The number of anilines is 1. The molecule has 2 heterocycles. The standard InChI is InChI=1S/C15H19N3O3/c1-21-12-4-2-11(3-5-12)17-6-8-18(9-7-17)13-10-14(19)16-15(13)20/h2-5,13H,6-10H2,1H3,(H,16,19,20)/t13-/m0/s1. The van der Waals surface area contributed by atoms with Crippen molar-refractivity contribution in [2.24, 2.45) is 0 Å². The molecule has 1 aromatic rings. The molecule has 0 saturated carbocycles. The number of nitrogens with zero attached hydrogens (tertiary/aromatic N) is 2. The molecular weight excluding hydrogens is 270 g/mol. The molecule has 1 N–H and O–H groups in total. The molecule has 2 aliphatic heterocycles. The lowest BCUT2D eigenvalue weighted by Gasteiger charge is -2.38. The van der Waals surface area contributed by atoms with Gasteiger partial charge in [0.1, 0.15) is 5.75 Å². The first-order valence-electron chi connectivity index (χ1n) is 7.14. The van der Waals surface area contributed by atoms with Gasteiger partial charge in [-0.1, -0.05) is 0 Å². The minimum absolute atomic E-state index is 0.155. The SMILES string of the molecule is COc1ccc(N2CCN([C@H]3CC(=O)NC3=O)CC2)cc1. The third kappa shape index (κ3) is 2.85. The minimum atomic E-state index is -0.282. The number of benzene rings is 1. The molecule has 112 valence electrons. The molecule has 3 rings (SSSR count). The van der Waals surface area contributed by atoms with Crippen LogP contribution >= 0.6 is 0 Å². The highest BCUT2D eigenvalue weighted by Gasteiger charge is 2.36. The molecule has 2 amide bonds. The molecule has 2 fully saturated rings. The molecule has 0 radical (unpaired) electrons. The largest absolute Gasteiger partial charge is 0.497 e. The maximum atomic E-state index is 11.7. The number of ether oxygens (including phenoxy) is 1. The summed E-state index contributed by atoms with van der Waals surface area (Å²) in [5.41, 5.74) is 1.15. The van der Waals surface area contributed by atoms with Crippen LogP contribution in [0.3, 0.4) is 0 Å². The zero-order valence-electron chi connectivity index (χ0n) is 12.0. The van der Waals surface area contributed by atoms with Crippen LogP contribution < -0.4 is 15.0 Å². The molecule has 2 aliphatic rings. The van der Waals surface area contributed by atoms with Crippen molar-refractivity contribution in [1.29, 1.82) is 0 Å². The molecule has 0 bridgehead atoms. The van der Waals surface area contributed by atoms with Gasteiger partial charge in [-0.3, -0.25) is 19.8 Å². The predicted molar refractivity (Wildman–Crippen MR) is 78.3 cm³/mol. The van der Waals surface area contributed by atoms with Crippen molar-refractivity contribution < 1.29 is 14.3 Å². The first-order valence-corrected chi connectivity index (χ1v) is 7.14. The van der Waals surface area contributed by atoms with Crippen LogP contribution in [0.4, 0.5) is 5.69 Å². The number of carbonyl (C=O) groups excluding carboxylic acids is 2. The van der Waals surface area contributed by atoms with Gasteiger partial charge in [0.05, 0.1) is 19.6 Å². The number of piperazine rings is 1. The number of hydrogen-bond donors (Lipinski definition) is 1. The van der Waals surface area contributed by atoms with Gasteiger partial charge in [-0.05, 0) is 24.3 Å². The number of amides is 2. The number of carbonyl (C=O) groups is 2. The summed E-state index contributed by atoms with van der Waals surface area (Å²) in [7, 11) is 1.65. The Balaban J connectivity index is 1.59. The highest BCUT2D eigenvalue weighted by Crippen LogP contribution is 2.22. The lowest BCUT2D eigenvalue weighted by molar-refractivity contribution is -0.126. The van der Waals surface area contributed by atoms with Crippen molar-refractivity contribution in [1.82, 2.24) is 10.2 Å². The summed E-state index contributed by atoms with van der Waals surface area (Å²) in [6, 6.07) is 7.70. The Hall–Kier alpha value is -2.08. The second-order valence-corrected chi connectivity index (χ2v) is 5.35. The highest BCUT2D eigenvalue weighted by molar-refractivity contribution is 6.05. The van der Waals surface area contributed by atoms with Crippen molar-refractivity contribution in [2.75, 3.05) is 38.2 Å². The monoisotopic (exact) mass is 289 g/mol. The first kappa shape index (κ1) is 13.9. The smallest absolute Gasteiger partial charge is 0.244 e. The van der Waals surface area contributed by atoms with E-state index in [1.54, 1.807) is 7.11 Å². The van der Waals surface area contributed by atoms with E-state index in [2.05, 4.69) is 15.1 Å². The Morgan fingerprint density at radius 1 is 1.10 bits per heavy atom. The second-order valence-electron chi connectivity index (χ2n) is 5.35. The number of hydrogen-bond acceptors (Lipinski definition) is 5. The fraction of sp³-hybridized carbons (Fsp3) is 0.467. The number of imide groups is 1. The van der Waals surface area contributed by atoms with E-state index in [1.807, 2.05) is 24.3 Å². The zero-order chi connectivity index (χ0) is 14.8. The average Bonchev–Trinajstić information content (AvgIpc) is 2.86. The molecule has 0 unspecified atom stereocenters.